The second-order valence-corrected chi connectivity index (χ2v) is 21.8. The van der Waals surface area contributed by atoms with Crippen LogP contribution >= 0.6 is 0 Å². The fraction of sp³-hybridized carbons (Fsp3) is 1.00. The highest BCUT2D eigenvalue weighted by atomic mass is 28.5. The minimum Gasteiger partial charge on any atom is -0.437 e. The first-order valence-corrected chi connectivity index (χ1v) is 17.9. The molecule has 0 aromatic rings. The van der Waals surface area contributed by atoms with Crippen LogP contribution in [0, 0.1) is 5.92 Å². The van der Waals surface area contributed by atoms with Gasteiger partial charge in [-0.05, 0) is 83.5 Å². The van der Waals surface area contributed by atoms with Crippen LogP contribution in [0.4, 0.5) is 0 Å². The first kappa shape index (κ1) is 30.3. The SMILES string of the molecule is C.C.C.C.C[Si](C)(C)O[Si](C)(CCC1CCC2OC2C1)O[Si](C)(C)C. The van der Waals surface area contributed by atoms with Crippen LogP contribution in [-0.4, -0.2) is 37.4 Å². The summed E-state index contributed by atoms with van der Waals surface area (Å²) >= 11 is 0. The second-order valence-electron chi connectivity index (χ2n) is 8.99. The second kappa shape index (κ2) is 10.8. The van der Waals surface area contributed by atoms with Crippen molar-refractivity contribution < 1.29 is 13.0 Å². The highest BCUT2D eigenvalue weighted by molar-refractivity contribution is 6.87. The summed E-state index contributed by atoms with van der Waals surface area (Å²) in [5.74, 6) is 0.830. The van der Waals surface area contributed by atoms with Gasteiger partial charge in [0.15, 0.2) is 16.6 Å². The Labute approximate surface area is 163 Å². The van der Waals surface area contributed by atoms with Crippen LogP contribution in [0.3, 0.4) is 0 Å². The van der Waals surface area contributed by atoms with Gasteiger partial charge in [-0.3, -0.25) is 0 Å². The molecule has 3 unspecified atom stereocenters. The number of ether oxygens (including phenoxy) is 1. The van der Waals surface area contributed by atoms with Crippen LogP contribution in [0.1, 0.15) is 55.4 Å². The fourth-order valence-electron chi connectivity index (χ4n) is 3.63. The molecule has 1 aliphatic heterocycles. The molecule has 2 aliphatic rings. The molecular weight excluding hydrogens is 360 g/mol. The van der Waals surface area contributed by atoms with Gasteiger partial charge < -0.3 is 13.0 Å². The molecule has 1 aliphatic carbocycles. The maximum Gasteiger partial charge on any atom is 0.314 e. The van der Waals surface area contributed by atoms with E-state index in [9.17, 15) is 0 Å². The first-order valence-electron chi connectivity index (χ1n) is 8.52. The summed E-state index contributed by atoms with van der Waals surface area (Å²) in [6, 6.07) is 1.16. The van der Waals surface area contributed by atoms with Gasteiger partial charge in [-0.2, -0.15) is 0 Å². The van der Waals surface area contributed by atoms with Gasteiger partial charge in [0.05, 0.1) is 12.2 Å². The highest BCUT2D eigenvalue weighted by Gasteiger charge is 2.45. The summed E-state index contributed by atoms with van der Waals surface area (Å²) in [5, 5.41) is 0. The third kappa shape index (κ3) is 11.1. The predicted molar refractivity (Wildman–Crippen MR) is 123 cm³/mol. The van der Waals surface area contributed by atoms with Crippen molar-refractivity contribution >= 4 is 25.2 Å². The van der Waals surface area contributed by atoms with Crippen molar-refractivity contribution in [3.05, 3.63) is 0 Å². The van der Waals surface area contributed by atoms with E-state index in [2.05, 4.69) is 45.8 Å². The Hall–Kier alpha value is 0.531. The van der Waals surface area contributed by atoms with E-state index in [1.165, 1.54) is 25.7 Å². The average Bonchev–Trinajstić information content (AvgIpc) is 2.98. The number of fused-ring (bicyclic) bond motifs is 1. The van der Waals surface area contributed by atoms with E-state index < -0.39 is 25.2 Å². The maximum atomic E-state index is 6.59. The molecular formula is C19H50O3Si3. The molecule has 3 atom stereocenters. The lowest BCUT2D eigenvalue weighted by Gasteiger charge is -2.39. The molecule has 0 aromatic heterocycles. The van der Waals surface area contributed by atoms with Crippen LogP contribution < -0.4 is 0 Å². The summed E-state index contributed by atoms with van der Waals surface area (Å²) in [4.78, 5) is 0. The molecule has 0 N–H and O–H groups in total. The standard InChI is InChI=1S/C15H34O3Si3.4CH4/c1-19(2,3)17-21(7,18-20(4,5)6)11-10-13-8-9-14-15(12-13)16-14;;;;/h13-15H,8-12H2,1-7H3;4*1H4. The first-order chi connectivity index (χ1) is 9.46. The number of hydrogen-bond donors (Lipinski definition) is 0. The Morgan fingerprint density at radius 3 is 1.64 bits per heavy atom. The monoisotopic (exact) mass is 410 g/mol. The van der Waals surface area contributed by atoms with E-state index in [1.54, 1.807) is 0 Å². The van der Waals surface area contributed by atoms with E-state index in [-0.39, 0.29) is 29.7 Å². The van der Waals surface area contributed by atoms with E-state index in [0.29, 0.717) is 12.2 Å². The Morgan fingerprint density at radius 1 is 0.760 bits per heavy atom. The number of epoxide rings is 1. The van der Waals surface area contributed by atoms with Crippen molar-refractivity contribution in [3.8, 4) is 0 Å². The molecule has 2 rings (SSSR count). The van der Waals surface area contributed by atoms with Gasteiger partial charge in [-0.1, -0.05) is 29.7 Å². The zero-order chi connectivity index (χ0) is 15.9. The summed E-state index contributed by atoms with van der Waals surface area (Å²) in [5.41, 5.74) is 0. The van der Waals surface area contributed by atoms with Crippen LogP contribution in [0.25, 0.3) is 0 Å². The van der Waals surface area contributed by atoms with Gasteiger partial charge in [0.2, 0.25) is 0 Å². The molecule has 0 aromatic carbocycles. The normalized spacial score (nSPS) is 25.3. The fourth-order valence-corrected chi connectivity index (χ4v) is 16.3. The molecule has 0 radical (unpaired) electrons. The van der Waals surface area contributed by atoms with Gasteiger partial charge in [0.25, 0.3) is 0 Å². The molecule has 0 bridgehead atoms. The van der Waals surface area contributed by atoms with Crippen molar-refractivity contribution in [1.82, 2.24) is 0 Å². The molecule has 6 heteroatoms. The number of hydrogen-bond acceptors (Lipinski definition) is 3. The van der Waals surface area contributed by atoms with Crippen molar-refractivity contribution in [2.75, 3.05) is 0 Å². The summed E-state index contributed by atoms with van der Waals surface area (Å²) in [6.07, 6.45) is 6.36. The predicted octanol–water partition coefficient (Wildman–Crippen LogP) is 7.26. The van der Waals surface area contributed by atoms with Crippen LogP contribution in [0.5, 0.6) is 0 Å². The third-order valence-electron chi connectivity index (χ3n) is 4.16. The zero-order valence-electron chi connectivity index (χ0n) is 15.0. The largest absolute Gasteiger partial charge is 0.437 e. The van der Waals surface area contributed by atoms with Crippen LogP contribution in [0.2, 0.25) is 51.9 Å². The van der Waals surface area contributed by atoms with Crippen LogP contribution in [0.15, 0.2) is 0 Å². The van der Waals surface area contributed by atoms with E-state index >= 15 is 0 Å². The van der Waals surface area contributed by atoms with Crippen molar-refractivity contribution in [3.63, 3.8) is 0 Å². The zero-order valence-corrected chi connectivity index (χ0v) is 18.0. The number of rotatable bonds is 7. The smallest absolute Gasteiger partial charge is 0.314 e. The van der Waals surface area contributed by atoms with Gasteiger partial charge >= 0.3 is 8.56 Å². The van der Waals surface area contributed by atoms with Crippen LogP contribution in [-0.2, 0) is 13.0 Å². The van der Waals surface area contributed by atoms with Crippen molar-refractivity contribution in [2.45, 2.75) is 119 Å². The molecule has 1 saturated carbocycles. The molecule has 1 heterocycles. The Kier molecular flexibility index (Phi) is 13.0. The Morgan fingerprint density at radius 2 is 1.24 bits per heavy atom. The molecule has 0 amide bonds. The summed E-state index contributed by atoms with van der Waals surface area (Å²) in [7, 11) is -5.13. The minimum atomic E-state index is -2.03. The maximum absolute atomic E-state index is 6.59. The Bertz CT molecular complexity index is 348. The molecule has 0 spiro atoms. The van der Waals surface area contributed by atoms with Gasteiger partial charge in [-0.15, -0.1) is 0 Å². The highest BCUT2D eigenvalue weighted by Crippen LogP contribution is 2.42. The topological polar surface area (TPSA) is 31.0 Å². The molecule has 1 saturated heterocycles. The lowest BCUT2D eigenvalue weighted by Crippen LogP contribution is -2.52. The van der Waals surface area contributed by atoms with E-state index in [0.717, 1.165) is 12.0 Å². The molecule has 156 valence electrons. The molecule has 25 heavy (non-hydrogen) atoms. The minimum absolute atomic E-state index is 0. The Balaban J connectivity index is -0.00000121. The lowest BCUT2D eigenvalue weighted by molar-refractivity contribution is 0.338. The summed E-state index contributed by atoms with van der Waals surface area (Å²) < 4.78 is 18.8. The lowest BCUT2D eigenvalue weighted by atomic mass is 9.88. The average molecular weight is 411 g/mol. The summed E-state index contributed by atoms with van der Waals surface area (Å²) in [6.45, 7) is 16.0. The van der Waals surface area contributed by atoms with Gasteiger partial charge in [0, 0.05) is 0 Å². The van der Waals surface area contributed by atoms with Crippen molar-refractivity contribution in [1.29, 1.82) is 0 Å². The third-order valence-corrected chi connectivity index (χ3v) is 13.7. The quantitative estimate of drug-likeness (QED) is 0.327. The van der Waals surface area contributed by atoms with E-state index in [4.69, 9.17) is 13.0 Å². The van der Waals surface area contributed by atoms with E-state index in [1.807, 2.05) is 0 Å². The van der Waals surface area contributed by atoms with Crippen molar-refractivity contribution in [2.24, 2.45) is 5.92 Å². The molecule has 3 nitrogen and oxygen atoms in total. The molecule has 2 fully saturated rings. The van der Waals surface area contributed by atoms with Gasteiger partial charge in [0.1, 0.15) is 0 Å². The van der Waals surface area contributed by atoms with Gasteiger partial charge in [-0.25, -0.2) is 0 Å².